The second-order valence-electron chi connectivity index (χ2n) is 6.26. The zero-order valence-electron chi connectivity index (χ0n) is 14.7. The molecule has 3 atom stereocenters. The number of methoxy groups -OCH3 is 1. The van der Waals surface area contributed by atoms with Crippen LogP contribution in [0, 0.1) is 5.92 Å². The van der Waals surface area contributed by atoms with Crippen LogP contribution < -0.4 is 10.8 Å². The van der Waals surface area contributed by atoms with Gasteiger partial charge in [-0.1, -0.05) is 19.8 Å². The Balaban J connectivity index is 2.83. The minimum absolute atomic E-state index is 0.0740. The van der Waals surface area contributed by atoms with Gasteiger partial charge in [-0.15, -0.1) is 0 Å². The number of hydrogen-bond acceptors (Lipinski definition) is 6. The molecule has 0 aromatic heterocycles. The molecule has 0 bridgehead atoms. The Morgan fingerprint density at radius 1 is 1.38 bits per heavy atom. The number of hydroxylamine groups is 1. The molecule has 24 heavy (non-hydrogen) atoms. The number of carboxylic acid groups (broad SMARTS) is 1. The van der Waals surface area contributed by atoms with E-state index in [0.717, 1.165) is 19.3 Å². The fourth-order valence-electron chi connectivity index (χ4n) is 3.39. The molecular weight excluding hydrogens is 314 g/mol. The number of piperazine rings is 1. The summed E-state index contributed by atoms with van der Waals surface area (Å²) in [4.78, 5) is 24.4. The topological polar surface area (TPSA) is 111 Å². The molecular formula is C16H31N3O5. The van der Waals surface area contributed by atoms with Crippen LogP contribution in [0.2, 0.25) is 0 Å². The van der Waals surface area contributed by atoms with Gasteiger partial charge in [-0.2, -0.15) is 0 Å². The second-order valence-corrected chi connectivity index (χ2v) is 6.26. The third-order valence-electron chi connectivity index (χ3n) is 4.72. The van der Waals surface area contributed by atoms with E-state index in [9.17, 15) is 19.9 Å². The Kier molecular flexibility index (Phi) is 9.66. The normalized spacial score (nSPS) is 20.5. The largest absolute Gasteiger partial charge is 0.469 e. The lowest BCUT2D eigenvalue weighted by Crippen LogP contribution is -2.59. The second kappa shape index (κ2) is 11.2. The molecule has 1 fully saturated rings. The number of ether oxygens (including phenoxy) is 1. The van der Waals surface area contributed by atoms with Gasteiger partial charge in [0.1, 0.15) is 0 Å². The van der Waals surface area contributed by atoms with Gasteiger partial charge in [0.15, 0.2) is 0 Å². The number of carbonyl (C=O) groups is 2. The number of nitrogens with zero attached hydrogens (tertiary/aromatic N) is 1. The van der Waals surface area contributed by atoms with Crippen molar-refractivity contribution in [1.29, 1.82) is 0 Å². The molecule has 4 N–H and O–H groups in total. The van der Waals surface area contributed by atoms with Crippen molar-refractivity contribution in [2.75, 3.05) is 26.7 Å². The fraction of sp³-hybridized carbons (Fsp3) is 0.875. The van der Waals surface area contributed by atoms with Crippen LogP contribution in [0.1, 0.15) is 45.4 Å². The molecule has 8 heteroatoms. The molecule has 1 amide bonds. The SMILES string of the molecule is CCCC[C@H](NO)[C@@H](CCCC(=O)OC)[C@@H]1CNCCN1C(=O)O. The molecule has 0 aromatic carbocycles. The van der Waals surface area contributed by atoms with Crippen LogP contribution in [0.25, 0.3) is 0 Å². The van der Waals surface area contributed by atoms with E-state index < -0.39 is 6.09 Å². The van der Waals surface area contributed by atoms with Gasteiger partial charge in [0, 0.05) is 32.1 Å². The first kappa shape index (κ1) is 20.7. The summed E-state index contributed by atoms with van der Waals surface area (Å²) >= 11 is 0. The summed E-state index contributed by atoms with van der Waals surface area (Å²) in [5, 5.41) is 22.3. The number of unbranched alkanes of at least 4 members (excludes halogenated alkanes) is 1. The predicted molar refractivity (Wildman–Crippen MR) is 89.0 cm³/mol. The van der Waals surface area contributed by atoms with Gasteiger partial charge in [-0.25, -0.2) is 10.3 Å². The number of carbonyl (C=O) groups excluding carboxylic acids is 1. The zero-order valence-corrected chi connectivity index (χ0v) is 14.7. The highest BCUT2D eigenvalue weighted by atomic mass is 16.5. The van der Waals surface area contributed by atoms with Gasteiger partial charge in [0.05, 0.1) is 13.2 Å². The quantitative estimate of drug-likeness (QED) is 0.350. The maximum atomic E-state index is 11.6. The Morgan fingerprint density at radius 2 is 2.12 bits per heavy atom. The summed E-state index contributed by atoms with van der Waals surface area (Å²) < 4.78 is 4.67. The smallest absolute Gasteiger partial charge is 0.407 e. The Hall–Kier alpha value is -1.38. The Morgan fingerprint density at radius 3 is 2.71 bits per heavy atom. The van der Waals surface area contributed by atoms with E-state index in [1.54, 1.807) is 0 Å². The molecule has 0 radical (unpaired) electrons. The average molecular weight is 345 g/mol. The fourth-order valence-corrected chi connectivity index (χ4v) is 3.39. The molecule has 0 spiro atoms. The van der Waals surface area contributed by atoms with E-state index in [1.165, 1.54) is 12.0 Å². The van der Waals surface area contributed by atoms with Crippen molar-refractivity contribution >= 4 is 12.1 Å². The van der Waals surface area contributed by atoms with Crippen LogP contribution in [0.15, 0.2) is 0 Å². The average Bonchev–Trinajstić information content (AvgIpc) is 2.60. The summed E-state index contributed by atoms with van der Waals surface area (Å²) in [6, 6.07) is -0.426. The molecule has 0 aromatic rings. The minimum atomic E-state index is -0.938. The number of nitrogens with one attached hydrogen (secondary N) is 2. The number of esters is 1. The van der Waals surface area contributed by atoms with E-state index in [4.69, 9.17) is 0 Å². The van der Waals surface area contributed by atoms with Crippen LogP contribution in [-0.2, 0) is 9.53 Å². The first-order valence-electron chi connectivity index (χ1n) is 8.71. The van der Waals surface area contributed by atoms with E-state index in [1.807, 2.05) is 0 Å². The molecule has 140 valence electrons. The molecule has 8 nitrogen and oxygen atoms in total. The third-order valence-corrected chi connectivity index (χ3v) is 4.72. The highest BCUT2D eigenvalue weighted by Gasteiger charge is 2.36. The van der Waals surface area contributed by atoms with Crippen LogP contribution in [0.4, 0.5) is 4.79 Å². The van der Waals surface area contributed by atoms with Crippen molar-refractivity contribution in [3.05, 3.63) is 0 Å². The van der Waals surface area contributed by atoms with Gasteiger partial charge in [0.25, 0.3) is 0 Å². The molecule has 0 unspecified atom stereocenters. The lowest BCUT2D eigenvalue weighted by atomic mass is 9.83. The molecule has 1 rings (SSSR count). The molecule has 0 saturated carbocycles. The zero-order chi connectivity index (χ0) is 17.9. The van der Waals surface area contributed by atoms with Crippen LogP contribution >= 0.6 is 0 Å². The molecule has 1 aliphatic heterocycles. The summed E-state index contributed by atoms with van der Waals surface area (Å²) in [6.07, 6.45) is 3.31. The van der Waals surface area contributed by atoms with Gasteiger partial charge in [-0.05, 0) is 25.2 Å². The predicted octanol–water partition coefficient (Wildman–Crippen LogP) is 1.44. The molecule has 1 aliphatic rings. The van der Waals surface area contributed by atoms with E-state index in [-0.39, 0.29) is 24.0 Å². The number of hydrogen-bond donors (Lipinski definition) is 4. The van der Waals surface area contributed by atoms with E-state index in [2.05, 4.69) is 22.5 Å². The van der Waals surface area contributed by atoms with Crippen molar-refractivity contribution < 1.29 is 24.6 Å². The van der Waals surface area contributed by atoms with Gasteiger partial charge in [-0.3, -0.25) is 4.79 Å². The van der Waals surface area contributed by atoms with E-state index >= 15 is 0 Å². The maximum Gasteiger partial charge on any atom is 0.407 e. The monoisotopic (exact) mass is 345 g/mol. The van der Waals surface area contributed by atoms with Crippen LogP contribution in [-0.4, -0.2) is 66.1 Å². The lowest BCUT2D eigenvalue weighted by Gasteiger charge is -2.42. The number of amides is 1. The van der Waals surface area contributed by atoms with Gasteiger partial charge >= 0.3 is 12.1 Å². The Bertz CT molecular complexity index is 394. The van der Waals surface area contributed by atoms with Gasteiger partial charge in [0.2, 0.25) is 0 Å². The molecule has 0 aliphatic carbocycles. The van der Waals surface area contributed by atoms with Crippen LogP contribution in [0.3, 0.4) is 0 Å². The maximum absolute atomic E-state index is 11.6. The van der Waals surface area contributed by atoms with Crippen molar-refractivity contribution in [3.8, 4) is 0 Å². The van der Waals surface area contributed by atoms with Crippen molar-refractivity contribution in [3.63, 3.8) is 0 Å². The highest BCUT2D eigenvalue weighted by molar-refractivity contribution is 5.69. The standard InChI is InChI=1S/C16H31N3O5/c1-3-4-7-13(18-23)12(6-5-8-15(20)24-2)14-11-17-9-10-19(14)16(21)22/h12-14,17-18,23H,3-11H2,1-2H3,(H,21,22)/t12-,13+,14+/m1/s1. The highest BCUT2D eigenvalue weighted by Crippen LogP contribution is 2.26. The summed E-state index contributed by atoms with van der Waals surface area (Å²) in [7, 11) is 1.36. The summed E-state index contributed by atoms with van der Waals surface area (Å²) in [6.45, 7) is 3.69. The van der Waals surface area contributed by atoms with Crippen molar-refractivity contribution in [1.82, 2.24) is 15.7 Å². The summed E-state index contributed by atoms with van der Waals surface area (Å²) in [5.41, 5.74) is 2.38. The Labute approximate surface area is 143 Å². The molecule has 1 heterocycles. The first-order valence-corrected chi connectivity index (χ1v) is 8.71. The van der Waals surface area contributed by atoms with E-state index in [0.29, 0.717) is 38.9 Å². The van der Waals surface area contributed by atoms with Gasteiger partial charge < -0.3 is 25.3 Å². The molecule has 1 saturated heterocycles. The third kappa shape index (κ3) is 6.26. The van der Waals surface area contributed by atoms with Crippen LogP contribution in [0.5, 0.6) is 0 Å². The minimum Gasteiger partial charge on any atom is -0.469 e. The summed E-state index contributed by atoms with van der Waals surface area (Å²) in [5.74, 6) is -0.345. The number of rotatable bonds is 10. The lowest BCUT2D eigenvalue weighted by molar-refractivity contribution is -0.140. The van der Waals surface area contributed by atoms with Crippen molar-refractivity contribution in [2.24, 2.45) is 5.92 Å². The van der Waals surface area contributed by atoms with Crippen molar-refractivity contribution in [2.45, 2.75) is 57.5 Å². The first-order chi connectivity index (χ1) is 11.5.